The topological polar surface area (TPSA) is 64.4 Å². The molecule has 24 heavy (non-hydrogen) atoms. The Balaban J connectivity index is 1.68. The summed E-state index contributed by atoms with van der Waals surface area (Å²) >= 11 is 0. The predicted molar refractivity (Wildman–Crippen MR) is 91.4 cm³/mol. The number of rotatable bonds is 5. The number of piperidine rings is 1. The summed E-state index contributed by atoms with van der Waals surface area (Å²) in [4.78, 5) is 4.48. The molecule has 6 nitrogen and oxygen atoms in total. The van der Waals surface area contributed by atoms with Crippen molar-refractivity contribution in [1.82, 2.24) is 13.9 Å². The molecule has 0 spiro atoms. The standard InChI is InChI=1S/C17H23N3O3S/c1-14-18-9-12-19(14)13-15-7-10-20(11-8-15)24(21,22)17-6-4-3-5-16(17)23-2/h3-6,9,12,15H,7-8,10-11,13H2,1-2H3. The first kappa shape index (κ1) is 17.0. The first-order valence-electron chi connectivity index (χ1n) is 8.13. The molecule has 1 aliphatic rings. The predicted octanol–water partition coefficient (Wildman–Crippen LogP) is 2.30. The van der Waals surface area contributed by atoms with Crippen LogP contribution in [0.1, 0.15) is 18.7 Å². The van der Waals surface area contributed by atoms with Crippen molar-refractivity contribution in [2.45, 2.75) is 31.2 Å². The SMILES string of the molecule is COc1ccccc1S(=O)(=O)N1CCC(Cn2ccnc2C)CC1. The van der Waals surface area contributed by atoms with E-state index in [2.05, 4.69) is 9.55 Å². The molecule has 1 saturated heterocycles. The van der Waals surface area contributed by atoms with E-state index in [0.29, 0.717) is 24.8 Å². The van der Waals surface area contributed by atoms with Crippen LogP contribution < -0.4 is 4.74 Å². The van der Waals surface area contributed by atoms with Gasteiger partial charge in [-0.1, -0.05) is 12.1 Å². The van der Waals surface area contributed by atoms with Crippen LogP contribution >= 0.6 is 0 Å². The minimum absolute atomic E-state index is 0.247. The number of nitrogens with zero attached hydrogens (tertiary/aromatic N) is 3. The van der Waals surface area contributed by atoms with Crippen LogP contribution in [0.2, 0.25) is 0 Å². The third-order valence-electron chi connectivity index (χ3n) is 4.64. The molecule has 2 heterocycles. The van der Waals surface area contributed by atoms with Gasteiger partial charge in [0.25, 0.3) is 0 Å². The number of methoxy groups -OCH3 is 1. The van der Waals surface area contributed by atoms with Crippen LogP contribution in [0.15, 0.2) is 41.6 Å². The molecule has 1 aliphatic heterocycles. The van der Waals surface area contributed by atoms with Gasteiger partial charge in [-0.3, -0.25) is 0 Å². The molecule has 0 saturated carbocycles. The van der Waals surface area contributed by atoms with Gasteiger partial charge in [-0.15, -0.1) is 0 Å². The number of ether oxygens (including phenoxy) is 1. The molecule has 0 unspecified atom stereocenters. The number of hydrogen-bond donors (Lipinski definition) is 0. The van der Waals surface area contributed by atoms with Gasteiger partial charge >= 0.3 is 0 Å². The fourth-order valence-electron chi connectivity index (χ4n) is 3.18. The number of sulfonamides is 1. The molecule has 0 radical (unpaired) electrons. The summed E-state index contributed by atoms with van der Waals surface area (Å²) in [7, 11) is -2.02. The molecule has 1 aromatic carbocycles. The molecular formula is C17H23N3O3S. The van der Waals surface area contributed by atoms with Crippen molar-refractivity contribution < 1.29 is 13.2 Å². The molecule has 7 heteroatoms. The van der Waals surface area contributed by atoms with Gasteiger partial charge in [0.15, 0.2) is 0 Å². The summed E-state index contributed by atoms with van der Waals surface area (Å²) in [5.74, 6) is 1.87. The summed E-state index contributed by atoms with van der Waals surface area (Å²) in [6.45, 7) is 3.97. The van der Waals surface area contributed by atoms with Crippen molar-refractivity contribution in [2.24, 2.45) is 5.92 Å². The van der Waals surface area contributed by atoms with E-state index in [4.69, 9.17) is 4.74 Å². The average Bonchev–Trinajstić information content (AvgIpc) is 3.00. The van der Waals surface area contributed by atoms with Gasteiger partial charge in [0.2, 0.25) is 10.0 Å². The molecular weight excluding hydrogens is 326 g/mol. The fourth-order valence-corrected chi connectivity index (χ4v) is 4.80. The van der Waals surface area contributed by atoms with Crippen LogP contribution in [-0.2, 0) is 16.6 Å². The number of benzene rings is 1. The number of imidazole rings is 1. The highest BCUT2D eigenvalue weighted by Crippen LogP contribution is 2.29. The second kappa shape index (κ2) is 6.94. The van der Waals surface area contributed by atoms with Crippen LogP contribution in [0.25, 0.3) is 0 Å². The third kappa shape index (κ3) is 3.32. The van der Waals surface area contributed by atoms with Crippen molar-refractivity contribution in [3.63, 3.8) is 0 Å². The quantitative estimate of drug-likeness (QED) is 0.831. The monoisotopic (exact) mass is 349 g/mol. The van der Waals surface area contributed by atoms with Crippen LogP contribution in [0.5, 0.6) is 5.75 Å². The van der Waals surface area contributed by atoms with Gasteiger partial charge in [-0.2, -0.15) is 4.31 Å². The maximum atomic E-state index is 12.9. The molecule has 0 atom stereocenters. The van der Waals surface area contributed by atoms with E-state index in [1.165, 1.54) is 7.11 Å². The number of aromatic nitrogens is 2. The zero-order valence-electron chi connectivity index (χ0n) is 14.1. The van der Waals surface area contributed by atoms with Gasteiger partial charge in [-0.25, -0.2) is 13.4 Å². The Kier molecular flexibility index (Phi) is 4.91. The Morgan fingerprint density at radius 1 is 1.25 bits per heavy atom. The lowest BCUT2D eigenvalue weighted by atomic mass is 9.98. The van der Waals surface area contributed by atoms with E-state index in [1.807, 2.05) is 13.1 Å². The molecule has 1 aromatic heterocycles. The molecule has 130 valence electrons. The maximum absolute atomic E-state index is 12.9. The molecule has 0 amide bonds. The average molecular weight is 349 g/mol. The zero-order chi connectivity index (χ0) is 17.2. The number of para-hydroxylation sites is 1. The Morgan fingerprint density at radius 3 is 2.58 bits per heavy atom. The Hall–Kier alpha value is -1.86. The molecule has 1 fully saturated rings. The van der Waals surface area contributed by atoms with Crippen molar-refractivity contribution in [2.75, 3.05) is 20.2 Å². The third-order valence-corrected chi connectivity index (χ3v) is 6.58. The van der Waals surface area contributed by atoms with Gasteiger partial charge in [-0.05, 0) is 37.8 Å². The normalized spacial score (nSPS) is 17.1. The van der Waals surface area contributed by atoms with Gasteiger partial charge in [0, 0.05) is 32.0 Å². The van der Waals surface area contributed by atoms with E-state index in [-0.39, 0.29) is 4.90 Å². The lowest BCUT2D eigenvalue weighted by Gasteiger charge is -2.31. The summed E-state index contributed by atoms with van der Waals surface area (Å²) < 4.78 is 34.7. The minimum atomic E-state index is -3.51. The van der Waals surface area contributed by atoms with Crippen LogP contribution in [0.4, 0.5) is 0 Å². The van der Waals surface area contributed by atoms with Crippen molar-refractivity contribution in [1.29, 1.82) is 0 Å². The smallest absolute Gasteiger partial charge is 0.246 e. The highest BCUT2D eigenvalue weighted by molar-refractivity contribution is 7.89. The lowest BCUT2D eigenvalue weighted by molar-refractivity contribution is 0.251. The first-order valence-corrected chi connectivity index (χ1v) is 9.57. The van der Waals surface area contributed by atoms with Crippen molar-refractivity contribution >= 4 is 10.0 Å². The second-order valence-corrected chi connectivity index (χ2v) is 8.03. The van der Waals surface area contributed by atoms with E-state index < -0.39 is 10.0 Å². The summed E-state index contributed by atoms with van der Waals surface area (Å²) in [5, 5.41) is 0. The van der Waals surface area contributed by atoms with Crippen molar-refractivity contribution in [3.8, 4) is 5.75 Å². The summed E-state index contributed by atoms with van der Waals surface area (Å²) in [5.41, 5.74) is 0. The summed E-state index contributed by atoms with van der Waals surface area (Å²) in [6, 6.07) is 6.79. The minimum Gasteiger partial charge on any atom is -0.495 e. The first-order chi connectivity index (χ1) is 11.5. The van der Waals surface area contributed by atoms with Crippen LogP contribution in [-0.4, -0.2) is 42.5 Å². The molecule has 3 rings (SSSR count). The van der Waals surface area contributed by atoms with Crippen LogP contribution in [0.3, 0.4) is 0 Å². The van der Waals surface area contributed by atoms with Gasteiger partial charge in [0.1, 0.15) is 16.5 Å². The van der Waals surface area contributed by atoms with E-state index in [9.17, 15) is 8.42 Å². The lowest BCUT2D eigenvalue weighted by Crippen LogP contribution is -2.39. The highest BCUT2D eigenvalue weighted by Gasteiger charge is 2.31. The maximum Gasteiger partial charge on any atom is 0.246 e. The Bertz CT molecular complexity index is 793. The number of hydrogen-bond acceptors (Lipinski definition) is 4. The molecule has 2 aromatic rings. The van der Waals surface area contributed by atoms with Gasteiger partial charge < -0.3 is 9.30 Å². The zero-order valence-corrected chi connectivity index (χ0v) is 14.9. The molecule has 0 aliphatic carbocycles. The highest BCUT2D eigenvalue weighted by atomic mass is 32.2. The molecule has 0 bridgehead atoms. The number of aryl methyl sites for hydroxylation is 1. The van der Waals surface area contributed by atoms with Crippen molar-refractivity contribution in [3.05, 3.63) is 42.5 Å². The van der Waals surface area contributed by atoms with Gasteiger partial charge in [0.05, 0.1) is 7.11 Å². The Morgan fingerprint density at radius 2 is 1.96 bits per heavy atom. The molecule has 0 N–H and O–H groups in total. The van der Waals surface area contributed by atoms with E-state index >= 15 is 0 Å². The second-order valence-electron chi connectivity index (χ2n) is 6.13. The summed E-state index contributed by atoms with van der Waals surface area (Å²) in [6.07, 6.45) is 5.49. The largest absolute Gasteiger partial charge is 0.495 e. The van der Waals surface area contributed by atoms with Crippen LogP contribution in [0, 0.1) is 12.8 Å². The fraction of sp³-hybridized carbons (Fsp3) is 0.471. The Labute approximate surface area is 143 Å². The van der Waals surface area contributed by atoms with E-state index in [1.54, 1.807) is 34.8 Å². The van der Waals surface area contributed by atoms with E-state index in [0.717, 1.165) is 25.2 Å².